The van der Waals surface area contributed by atoms with Gasteiger partial charge in [0.1, 0.15) is 18.2 Å². The summed E-state index contributed by atoms with van der Waals surface area (Å²) < 4.78 is 42.3. The number of urea groups is 1. The van der Waals surface area contributed by atoms with Gasteiger partial charge in [0.25, 0.3) is 5.89 Å². The number of likely N-dealkylation sites (tertiary alicyclic amines) is 1. The molecule has 1 N–H and O–H groups in total. The minimum atomic E-state index is -0.836. The van der Waals surface area contributed by atoms with Gasteiger partial charge in [0.15, 0.2) is 5.82 Å². The second kappa shape index (κ2) is 9.56. The lowest BCUT2D eigenvalue weighted by Crippen LogP contribution is -2.41. The van der Waals surface area contributed by atoms with E-state index in [9.17, 15) is 13.6 Å². The molecule has 1 aromatic heterocycles. The van der Waals surface area contributed by atoms with Crippen molar-refractivity contribution in [3.05, 3.63) is 41.5 Å². The molecule has 0 unspecified atom stereocenters. The number of anilines is 1. The van der Waals surface area contributed by atoms with Crippen LogP contribution in [0.3, 0.4) is 0 Å². The van der Waals surface area contributed by atoms with E-state index in [1.165, 1.54) is 11.0 Å². The monoisotopic (exact) mass is 396 g/mol. The molecule has 28 heavy (non-hydrogen) atoms. The molecule has 8 nitrogen and oxygen atoms in total. The van der Waals surface area contributed by atoms with Crippen molar-refractivity contribution in [1.82, 2.24) is 15.0 Å². The highest BCUT2D eigenvalue weighted by Crippen LogP contribution is 2.30. The smallest absolute Gasteiger partial charge is 0.322 e. The molecule has 1 aliphatic heterocycles. The number of amides is 2. The first-order valence-electron chi connectivity index (χ1n) is 9.00. The highest BCUT2D eigenvalue weighted by atomic mass is 19.1. The Morgan fingerprint density at radius 1 is 1.36 bits per heavy atom. The topological polar surface area (TPSA) is 89.7 Å². The van der Waals surface area contributed by atoms with Crippen molar-refractivity contribution in [2.75, 3.05) is 32.2 Å². The summed E-state index contributed by atoms with van der Waals surface area (Å²) in [5, 5.41) is 6.45. The number of ether oxygens (including phenoxy) is 2. The first-order chi connectivity index (χ1) is 13.6. The number of aromatic nitrogens is 2. The van der Waals surface area contributed by atoms with Crippen molar-refractivity contribution in [1.29, 1.82) is 0 Å². The summed E-state index contributed by atoms with van der Waals surface area (Å²) in [6, 6.07) is 2.09. The Hall–Kier alpha value is -2.59. The van der Waals surface area contributed by atoms with Gasteiger partial charge >= 0.3 is 6.03 Å². The number of methoxy groups -OCH3 is 1. The number of halogens is 2. The van der Waals surface area contributed by atoms with Crippen LogP contribution in [-0.2, 0) is 16.1 Å². The average molecular weight is 396 g/mol. The van der Waals surface area contributed by atoms with Crippen LogP contribution in [-0.4, -0.2) is 47.9 Å². The van der Waals surface area contributed by atoms with Crippen molar-refractivity contribution in [2.45, 2.75) is 31.9 Å². The summed E-state index contributed by atoms with van der Waals surface area (Å²) >= 11 is 0. The Morgan fingerprint density at radius 2 is 2.21 bits per heavy atom. The Balaban J connectivity index is 1.66. The molecule has 1 fully saturated rings. The number of rotatable bonds is 7. The summed E-state index contributed by atoms with van der Waals surface area (Å²) in [5.41, 5.74) is -0.0870. The molecule has 3 rings (SSSR count). The molecule has 152 valence electrons. The van der Waals surface area contributed by atoms with Crippen LogP contribution < -0.4 is 5.32 Å². The fourth-order valence-electron chi connectivity index (χ4n) is 2.98. The van der Waals surface area contributed by atoms with E-state index in [0.29, 0.717) is 37.9 Å². The normalized spacial score (nSPS) is 17.0. The number of carbonyl (C=O) groups excluding carboxylic acids is 1. The Labute approximate surface area is 160 Å². The molecule has 1 aromatic carbocycles. The molecule has 1 aliphatic rings. The lowest BCUT2D eigenvalue weighted by atomic mass is 10.0. The quantitative estimate of drug-likeness (QED) is 0.723. The SMILES string of the molecule is COCCOCc1nc([C@@H]2CCCCN2C(=O)Nc2ccc(F)cc2F)no1. The molecule has 0 radical (unpaired) electrons. The molecule has 0 bridgehead atoms. The van der Waals surface area contributed by atoms with Gasteiger partial charge in [-0.25, -0.2) is 13.6 Å². The second-order valence-corrected chi connectivity index (χ2v) is 6.35. The van der Waals surface area contributed by atoms with Gasteiger partial charge in [-0.3, -0.25) is 0 Å². The third-order valence-corrected chi connectivity index (χ3v) is 4.38. The van der Waals surface area contributed by atoms with Crippen LogP contribution in [0.2, 0.25) is 0 Å². The van der Waals surface area contributed by atoms with E-state index in [-0.39, 0.29) is 12.3 Å². The molecule has 0 aliphatic carbocycles. The van der Waals surface area contributed by atoms with Crippen molar-refractivity contribution in [2.24, 2.45) is 0 Å². The number of piperidine rings is 1. The zero-order valence-electron chi connectivity index (χ0n) is 15.5. The highest BCUT2D eigenvalue weighted by Gasteiger charge is 2.32. The molecular formula is C18H22F2N4O4. The van der Waals surface area contributed by atoms with Gasteiger partial charge < -0.3 is 24.2 Å². The van der Waals surface area contributed by atoms with Crippen LogP contribution in [0.4, 0.5) is 19.3 Å². The molecule has 0 spiro atoms. The van der Waals surface area contributed by atoms with Gasteiger partial charge in [0.2, 0.25) is 0 Å². The maximum atomic E-state index is 13.8. The van der Waals surface area contributed by atoms with Gasteiger partial charge in [-0.15, -0.1) is 0 Å². The van der Waals surface area contributed by atoms with Gasteiger partial charge in [0.05, 0.1) is 24.9 Å². The van der Waals surface area contributed by atoms with E-state index in [4.69, 9.17) is 14.0 Å². The van der Waals surface area contributed by atoms with E-state index in [1.54, 1.807) is 7.11 Å². The molecule has 10 heteroatoms. The van der Waals surface area contributed by atoms with Crippen LogP contribution in [0, 0.1) is 11.6 Å². The zero-order chi connectivity index (χ0) is 19.9. The predicted molar refractivity (Wildman–Crippen MR) is 94.5 cm³/mol. The van der Waals surface area contributed by atoms with E-state index < -0.39 is 23.7 Å². The number of hydrogen-bond donors (Lipinski definition) is 1. The van der Waals surface area contributed by atoms with Crippen LogP contribution >= 0.6 is 0 Å². The van der Waals surface area contributed by atoms with E-state index in [1.807, 2.05) is 0 Å². The molecule has 0 saturated carbocycles. The number of carbonyl (C=O) groups is 1. The Bertz CT molecular complexity index is 802. The summed E-state index contributed by atoms with van der Waals surface area (Å²) in [6.45, 7) is 1.47. The Morgan fingerprint density at radius 3 is 3.00 bits per heavy atom. The van der Waals surface area contributed by atoms with Crippen molar-refractivity contribution >= 4 is 11.7 Å². The van der Waals surface area contributed by atoms with Crippen LogP contribution in [0.1, 0.15) is 37.0 Å². The minimum absolute atomic E-state index is 0.0870. The third-order valence-electron chi connectivity index (χ3n) is 4.38. The molecular weight excluding hydrogens is 374 g/mol. The fourth-order valence-corrected chi connectivity index (χ4v) is 2.98. The summed E-state index contributed by atoms with van der Waals surface area (Å²) in [6.07, 6.45) is 2.36. The van der Waals surface area contributed by atoms with Crippen molar-refractivity contribution in [3.8, 4) is 0 Å². The van der Waals surface area contributed by atoms with Crippen molar-refractivity contribution in [3.63, 3.8) is 0 Å². The first-order valence-corrected chi connectivity index (χ1v) is 9.00. The van der Waals surface area contributed by atoms with E-state index in [0.717, 1.165) is 25.0 Å². The highest BCUT2D eigenvalue weighted by molar-refractivity contribution is 5.89. The second-order valence-electron chi connectivity index (χ2n) is 6.35. The lowest BCUT2D eigenvalue weighted by molar-refractivity contribution is 0.0494. The summed E-state index contributed by atoms with van der Waals surface area (Å²) in [5.74, 6) is -0.864. The van der Waals surface area contributed by atoms with E-state index >= 15 is 0 Å². The van der Waals surface area contributed by atoms with Gasteiger partial charge in [0, 0.05) is 19.7 Å². The first kappa shape index (κ1) is 20.2. The van der Waals surface area contributed by atoms with E-state index in [2.05, 4.69) is 15.5 Å². The van der Waals surface area contributed by atoms with Crippen molar-refractivity contribution < 1.29 is 27.6 Å². The molecule has 2 aromatic rings. The van der Waals surface area contributed by atoms with Gasteiger partial charge in [-0.1, -0.05) is 5.16 Å². The number of hydrogen-bond acceptors (Lipinski definition) is 6. The number of benzene rings is 1. The Kier molecular flexibility index (Phi) is 6.88. The number of nitrogens with one attached hydrogen (secondary N) is 1. The predicted octanol–water partition coefficient (Wildman–Crippen LogP) is 3.27. The largest absolute Gasteiger partial charge is 0.382 e. The molecule has 2 heterocycles. The van der Waals surface area contributed by atoms with Gasteiger partial charge in [-0.05, 0) is 31.4 Å². The van der Waals surface area contributed by atoms with Gasteiger partial charge in [-0.2, -0.15) is 4.98 Å². The standard InChI is InChI=1S/C18H22F2N4O4/c1-26-8-9-27-11-16-22-17(23-28-16)15-4-2-3-7-24(15)18(25)21-14-6-5-12(19)10-13(14)20/h5-6,10,15H,2-4,7-9,11H2,1H3,(H,21,25)/t15-/m0/s1. The summed E-state index contributed by atoms with van der Waals surface area (Å²) in [4.78, 5) is 18.5. The third kappa shape index (κ3) is 5.02. The maximum Gasteiger partial charge on any atom is 0.322 e. The zero-order valence-corrected chi connectivity index (χ0v) is 15.5. The maximum absolute atomic E-state index is 13.8. The van der Waals surface area contributed by atoms with Crippen LogP contribution in [0.25, 0.3) is 0 Å². The van der Waals surface area contributed by atoms with Crippen LogP contribution in [0.5, 0.6) is 0 Å². The minimum Gasteiger partial charge on any atom is -0.382 e. The van der Waals surface area contributed by atoms with Crippen LogP contribution in [0.15, 0.2) is 22.7 Å². The molecule has 1 atom stereocenters. The fraction of sp³-hybridized carbons (Fsp3) is 0.500. The summed E-state index contributed by atoms with van der Waals surface area (Å²) in [7, 11) is 1.58. The lowest BCUT2D eigenvalue weighted by Gasteiger charge is -2.33. The average Bonchev–Trinajstić information content (AvgIpc) is 3.16. The molecule has 1 saturated heterocycles. The molecule has 2 amide bonds. The number of nitrogens with zero attached hydrogens (tertiary/aromatic N) is 3.